The van der Waals surface area contributed by atoms with E-state index in [0.717, 1.165) is 45.0 Å². The first-order valence-electron chi connectivity index (χ1n) is 6.58. The molecule has 6 heteroatoms. The summed E-state index contributed by atoms with van der Waals surface area (Å²) in [7, 11) is 0. The highest BCUT2D eigenvalue weighted by Crippen LogP contribution is 2.09. The third-order valence-corrected chi connectivity index (χ3v) is 3.73. The number of hydrogen-bond acceptors (Lipinski definition) is 3. The topological polar surface area (TPSA) is 6.48 Å². The number of halogens is 3. The van der Waals surface area contributed by atoms with Crippen LogP contribution in [-0.4, -0.2) is 48.3 Å². The van der Waals surface area contributed by atoms with Gasteiger partial charge in [-0.2, -0.15) is 12.6 Å². The molecule has 0 aliphatic carbocycles. The maximum absolute atomic E-state index is 12.8. The molecular formula is C14H23Cl2FN2S. The second-order valence-electron chi connectivity index (χ2n) is 4.82. The summed E-state index contributed by atoms with van der Waals surface area (Å²) in [6, 6.07) is 6.84. The van der Waals surface area contributed by atoms with E-state index in [0.29, 0.717) is 0 Å². The third-order valence-electron chi connectivity index (χ3n) is 3.42. The first-order valence-corrected chi connectivity index (χ1v) is 7.21. The molecule has 0 unspecified atom stereocenters. The van der Waals surface area contributed by atoms with Crippen molar-refractivity contribution in [2.45, 2.75) is 13.0 Å². The molecule has 0 amide bonds. The van der Waals surface area contributed by atoms with Gasteiger partial charge in [0.15, 0.2) is 0 Å². The van der Waals surface area contributed by atoms with E-state index in [2.05, 4.69) is 22.4 Å². The Morgan fingerprint density at radius 3 is 2.05 bits per heavy atom. The molecule has 20 heavy (non-hydrogen) atoms. The van der Waals surface area contributed by atoms with Gasteiger partial charge in [-0.1, -0.05) is 12.1 Å². The fraction of sp³-hybridized carbons (Fsp3) is 0.571. The lowest BCUT2D eigenvalue weighted by Crippen LogP contribution is -2.46. The van der Waals surface area contributed by atoms with Crippen molar-refractivity contribution < 1.29 is 4.39 Å². The Balaban J connectivity index is 0.00000180. The molecule has 0 atom stereocenters. The van der Waals surface area contributed by atoms with Gasteiger partial charge in [0.25, 0.3) is 0 Å². The maximum atomic E-state index is 12.8. The Bertz CT molecular complexity index is 357. The molecular weight excluding hydrogens is 318 g/mol. The van der Waals surface area contributed by atoms with Crippen LogP contribution in [0, 0.1) is 5.82 Å². The standard InChI is InChI=1S/C14H21FN2S.2ClH/c15-14-4-2-13(3-5-14)12-17-9-7-16(8-10-17)6-1-11-18;;/h2-5,18H,1,6-12H2;2*1H. The molecule has 1 heterocycles. The molecule has 0 saturated carbocycles. The number of benzene rings is 1. The Morgan fingerprint density at radius 1 is 0.950 bits per heavy atom. The lowest BCUT2D eigenvalue weighted by Gasteiger charge is -2.34. The quantitative estimate of drug-likeness (QED) is 0.823. The van der Waals surface area contributed by atoms with E-state index >= 15 is 0 Å². The van der Waals surface area contributed by atoms with Gasteiger partial charge in [-0.25, -0.2) is 4.39 Å². The highest BCUT2D eigenvalue weighted by molar-refractivity contribution is 7.80. The van der Waals surface area contributed by atoms with Crippen molar-refractivity contribution in [2.75, 3.05) is 38.5 Å². The second kappa shape index (κ2) is 10.7. The molecule has 1 fully saturated rings. The molecule has 1 aliphatic heterocycles. The van der Waals surface area contributed by atoms with Crippen molar-refractivity contribution >= 4 is 37.4 Å². The zero-order valence-corrected chi connectivity index (χ0v) is 14.0. The fourth-order valence-corrected chi connectivity index (χ4v) is 2.45. The molecule has 0 radical (unpaired) electrons. The van der Waals surface area contributed by atoms with Crippen LogP contribution in [0.3, 0.4) is 0 Å². The molecule has 1 aliphatic rings. The van der Waals surface area contributed by atoms with Crippen LogP contribution in [-0.2, 0) is 6.54 Å². The van der Waals surface area contributed by atoms with E-state index in [1.165, 1.54) is 24.1 Å². The molecule has 0 spiro atoms. The van der Waals surface area contributed by atoms with Gasteiger partial charge >= 0.3 is 0 Å². The predicted octanol–water partition coefficient (Wildman–Crippen LogP) is 3.11. The highest BCUT2D eigenvalue weighted by atomic mass is 35.5. The van der Waals surface area contributed by atoms with Gasteiger partial charge in [0.1, 0.15) is 5.82 Å². The summed E-state index contributed by atoms with van der Waals surface area (Å²) >= 11 is 4.24. The summed E-state index contributed by atoms with van der Waals surface area (Å²) in [5.74, 6) is 0.811. The predicted molar refractivity (Wildman–Crippen MR) is 91.1 cm³/mol. The monoisotopic (exact) mass is 340 g/mol. The lowest BCUT2D eigenvalue weighted by atomic mass is 10.2. The molecule has 0 bridgehead atoms. The first kappa shape index (κ1) is 20.0. The van der Waals surface area contributed by atoms with Gasteiger partial charge < -0.3 is 4.90 Å². The van der Waals surface area contributed by atoms with Gasteiger partial charge in [0, 0.05) is 32.7 Å². The average molecular weight is 341 g/mol. The first-order chi connectivity index (χ1) is 8.78. The fourth-order valence-electron chi connectivity index (χ4n) is 2.31. The maximum Gasteiger partial charge on any atom is 0.123 e. The number of piperazine rings is 1. The summed E-state index contributed by atoms with van der Waals surface area (Å²) < 4.78 is 12.8. The van der Waals surface area contributed by atoms with E-state index in [9.17, 15) is 4.39 Å². The third kappa shape index (κ3) is 6.64. The van der Waals surface area contributed by atoms with E-state index in [4.69, 9.17) is 0 Å². The van der Waals surface area contributed by atoms with Gasteiger partial charge in [-0.15, -0.1) is 24.8 Å². The van der Waals surface area contributed by atoms with Crippen molar-refractivity contribution in [1.29, 1.82) is 0 Å². The van der Waals surface area contributed by atoms with Crippen LogP contribution in [0.25, 0.3) is 0 Å². The van der Waals surface area contributed by atoms with Crippen molar-refractivity contribution in [2.24, 2.45) is 0 Å². The summed E-state index contributed by atoms with van der Waals surface area (Å²) in [6.45, 7) is 6.56. The normalized spacial score (nSPS) is 16.3. The molecule has 1 aromatic rings. The Hall–Kier alpha value is -0.0000000000000000555. The van der Waals surface area contributed by atoms with Gasteiger partial charge in [0.05, 0.1) is 0 Å². The van der Waals surface area contributed by atoms with E-state index in [1.807, 2.05) is 12.1 Å². The largest absolute Gasteiger partial charge is 0.301 e. The molecule has 1 saturated heterocycles. The summed E-state index contributed by atoms with van der Waals surface area (Å²) in [5.41, 5.74) is 1.19. The highest BCUT2D eigenvalue weighted by Gasteiger charge is 2.16. The Morgan fingerprint density at radius 2 is 1.50 bits per heavy atom. The molecule has 2 nitrogen and oxygen atoms in total. The van der Waals surface area contributed by atoms with E-state index in [1.54, 1.807) is 0 Å². The smallest absolute Gasteiger partial charge is 0.123 e. The minimum absolute atomic E-state index is 0. The van der Waals surface area contributed by atoms with Crippen LogP contribution in [0.2, 0.25) is 0 Å². The number of rotatable bonds is 5. The van der Waals surface area contributed by atoms with Crippen LogP contribution in [0.4, 0.5) is 4.39 Å². The van der Waals surface area contributed by atoms with Crippen molar-refractivity contribution in [3.63, 3.8) is 0 Å². The zero-order valence-electron chi connectivity index (χ0n) is 11.5. The minimum Gasteiger partial charge on any atom is -0.301 e. The average Bonchev–Trinajstić information content (AvgIpc) is 2.41. The zero-order chi connectivity index (χ0) is 12.8. The molecule has 0 aromatic heterocycles. The van der Waals surface area contributed by atoms with Crippen molar-refractivity contribution in [3.05, 3.63) is 35.6 Å². The number of hydrogen-bond donors (Lipinski definition) is 1. The van der Waals surface area contributed by atoms with Gasteiger partial charge in [-0.3, -0.25) is 4.90 Å². The Labute approximate surface area is 138 Å². The van der Waals surface area contributed by atoms with Crippen molar-refractivity contribution in [1.82, 2.24) is 9.80 Å². The molecule has 0 N–H and O–H groups in total. The number of nitrogens with zero attached hydrogens (tertiary/aromatic N) is 2. The minimum atomic E-state index is -0.157. The van der Waals surface area contributed by atoms with Gasteiger partial charge in [-0.05, 0) is 36.4 Å². The van der Waals surface area contributed by atoms with Crippen molar-refractivity contribution in [3.8, 4) is 0 Å². The molecule has 2 rings (SSSR count). The van der Waals surface area contributed by atoms with Crippen LogP contribution < -0.4 is 0 Å². The van der Waals surface area contributed by atoms with E-state index in [-0.39, 0.29) is 30.6 Å². The number of thiol groups is 1. The van der Waals surface area contributed by atoms with E-state index < -0.39 is 0 Å². The summed E-state index contributed by atoms with van der Waals surface area (Å²) in [4.78, 5) is 4.93. The SMILES string of the molecule is Cl.Cl.Fc1ccc(CN2CCN(CCCS)CC2)cc1. The summed E-state index contributed by atoms with van der Waals surface area (Å²) in [6.07, 6.45) is 1.17. The second-order valence-corrected chi connectivity index (χ2v) is 5.27. The van der Waals surface area contributed by atoms with Crippen LogP contribution in [0.5, 0.6) is 0 Å². The van der Waals surface area contributed by atoms with Crippen LogP contribution >= 0.6 is 37.4 Å². The van der Waals surface area contributed by atoms with Crippen LogP contribution in [0.1, 0.15) is 12.0 Å². The molecule has 1 aromatic carbocycles. The lowest BCUT2D eigenvalue weighted by molar-refractivity contribution is 0.127. The van der Waals surface area contributed by atoms with Gasteiger partial charge in [0.2, 0.25) is 0 Å². The Kier molecular flexibility index (Phi) is 10.7. The van der Waals surface area contributed by atoms with Crippen LogP contribution in [0.15, 0.2) is 24.3 Å². The molecule has 116 valence electrons. The summed E-state index contributed by atoms with van der Waals surface area (Å²) in [5, 5.41) is 0.